The first-order chi connectivity index (χ1) is 7.02. The van der Waals surface area contributed by atoms with Gasteiger partial charge in [-0.2, -0.15) is 0 Å². The second-order valence-corrected chi connectivity index (χ2v) is 5.48. The summed E-state index contributed by atoms with van der Waals surface area (Å²) in [5.41, 5.74) is 3.05. The molecule has 0 aromatic heterocycles. The maximum Gasteiger partial charge on any atom is 0.122 e. The maximum absolute atomic E-state index is 5.41. The van der Waals surface area contributed by atoms with Crippen LogP contribution in [0.3, 0.4) is 0 Å². The van der Waals surface area contributed by atoms with Crippen molar-refractivity contribution < 1.29 is 4.74 Å². The molecule has 82 valence electrons. The molecular weight excluding hydrogens is 184 g/mol. The summed E-state index contributed by atoms with van der Waals surface area (Å²) in [5, 5.41) is 0. The molecule has 0 amide bonds. The van der Waals surface area contributed by atoms with Crippen LogP contribution in [0.2, 0.25) is 0 Å². The fourth-order valence-corrected chi connectivity index (χ4v) is 1.91. The molecule has 0 aliphatic heterocycles. The van der Waals surface area contributed by atoms with E-state index in [-0.39, 0.29) is 5.41 Å². The molecule has 1 aromatic carbocycles. The van der Waals surface area contributed by atoms with Crippen LogP contribution in [-0.4, -0.2) is 7.11 Å². The second kappa shape index (κ2) is 3.55. The van der Waals surface area contributed by atoms with Crippen LogP contribution in [0.4, 0.5) is 0 Å². The summed E-state index contributed by atoms with van der Waals surface area (Å²) < 4.78 is 5.41. The lowest BCUT2D eigenvalue weighted by molar-refractivity contribution is 0.409. The van der Waals surface area contributed by atoms with E-state index in [9.17, 15) is 0 Å². The number of benzene rings is 1. The quantitative estimate of drug-likeness (QED) is 0.710. The average molecular weight is 204 g/mol. The molecule has 1 nitrogen and oxygen atoms in total. The minimum absolute atomic E-state index is 0.232. The van der Waals surface area contributed by atoms with Crippen LogP contribution in [0.25, 0.3) is 0 Å². The summed E-state index contributed by atoms with van der Waals surface area (Å²) in [6, 6.07) is 6.63. The molecule has 1 aliphatic carbocycles. The number of hydrogen-bond acceptors (Lipinski definition) is 1. The Morgan fingerprint density at radius 2 is 1.87 bits per heavy atom. The number of ether oxygens (including phenoxy) is 1. The molecule has 1 aliphatic rings. The Hall–Kier alpha value is -0.980. The molecule has 0 N–H and O–H groups in total. The summed E-state index contributed by atoms with van der Waals surface area (Å²) in [7, 11) is 1.76. The molecule has 0 heterocycles. The van der Waals surface area contributed by atoms with Crippen LogP contribution >= 0.6 is 0 Å². The van der Waals surface area contributed by atoms with Crippen molar-refractivity contribution in [2.75, 3.05) is 7.11 Å². The highest BCUT2D eigenvalue weighted by molar-refractivity contribution is 5.43. The van der Waals surface area contributed by atoms with E-state index in [1.807, 2.05) is 0 Å². The first kappa shape index (κ1) is 10.5. The number of methoxy groups -OCH3 is 1. The first-order valence-electron chi connectivity index (χ1n) is 5.71. The van der Waals surface area contributed by atoms with Gasteiger partial charge in [0.25, 0.3) is 0 Å². The summed E-state index contributed by atoms with van der Waals surface area (Å²) in [5.74, 6) is 1.81. The molecule has 1 aromatic rings. The van der Waals surface area contributed by atoms with Gasteiger partial charge < -0.3 is 4.74 Å². The molecular formula is C14H20O. The molecule has 2 rings (SSSR count). The third-order valence-corrected chi connectivity index (χ3v) is 3.11. The fraction of sp³-hybridized carbons (Fsp3) is 0.571. The van der Waals surface area contributed by atoms with Crippen molar-refractivity contribution in [1.29, 1.82) is 0 Å². The average Bonchev–Trinajstić information content (AvgIpc) is 2.98. The Bertz CT molecular complexity index is 356. The highest BCUT2D eigenvalue weighted by Gasteiger charge is 2.28. The van der Waals surface area contributed by atoms with E-state index < -0.39 is 0 Å². The summed E-state index contributed by atoms with van der Waals surface area (Å²) in [6.07, 6.45) is 2.65. The van der Waals surface area contributed by atoms with Crippen molar-refractivity contribution >= 4 is 0 Å². The van der Waals surface area contributed by atoms with Gasteiger partial charge in [-0.15, -0.1) is 0 Å². The summed E-state index contributed by atoms with van der Waals surface area (Å²) >= 11 is 0. The zero-order chi connectivity index (χ0) is 11.1. The number of rotatable bonds is 2. The first-order valence-corrected chi connectivity index (χ1v) is 5.71. The van der Waals surface area contributed by atoms with Gasteiger partial charge in [0.15, 0.2) is 0 Å². The number of hydrogen-bond donors (Lipinski definition) is 0. The molecule has 1 heteroatoms. The monoisotopic (exact) mass is 204 g/mol. The van der Waals surface area contributed by atoms with Crippen LogP contribution in [0.5, 0.6) is 5.75 Å². The second-order valence-electron chi connectivity index (χ2n) is 5.48. The predicted molar refractivity (Wildman–Crippen MR) is 63.7 cm³/mol. The molecule has 1 fully saturated rings. The van der Waals surface area contributed by atoms with E-state index in [2.05, 4.69) is 39.0 Å². The Labute approximate surface area is 92.5 Å². The van der Waals surface area contributed by atoms with E-state index in [1.165, 1.54) is 24.0 Å². The van der Waals surface area contributed by atoms with Gasteiger partial charge in [-0.25, -0.2) is 0 Å². The third kappa shape index (κ3) is 2.17. The Morgan fingerprint density at radius 3 is 2.33 bits per heavy atom. The van der Waals surface area contributed by atoms with E-state index in [0.717, 1.165) is 11.7 Å². The zero-order valence-electron chi connectivity index (χ0n) is 10.1. The van der Waals surface area contributed by atoms with Crippen LogP contribution in [0, 0.1) is 0 Å². The van der Waals surface area contributed by atoms with Crippen LogP contribution < -0.4 is 4.74 Å². The minimum Gasteiger partial charge on any atom is -0.496 e. The maximum atomic E-state index is 5.41. The Kier molecular flexibility index (Phi) is 2.49. The van der Waals surface area contributed by atoms with Crippen LogP contribution in [0.1, 0.15) is 50.7 Å². The van der Waals surface area contributed by atoms with Crippen molar-refractivity contribution in [3.05, 3.63) is 29.3 Å². The molecule has 0 spiro atoms. The lowest BCUT2D eigenvalue weighted by Crippen LogP contribution is -2.11. The Morgan fingerprint density at radius 1 is 1.20 bits per heavy atom. The molecule has 0 unspecified atom stereocenters. The van der Waals surface area contributed by atoms with Crippen molar-refractivity contribution in [3.8, 4) is 5.75 Å². The zero-order valence-corrected chi connectivity index (χ0v) is 10.1. The smallest absolute Gasteiger partial charge is 0.122 e. The Balaban J connectivity index is 2.40. The molecule has 0 radical (unpaired) electrons. The lowest BCUT2D eigenvalue weighted by atomic mass is 9.85. The lowest BCUT2D eigenvalue weighted by Gasteiger charge is -2.21. The molecule has 1 saturated carbocycles. The van der Waals surface area contributed by atoms with Gasteiger partial charge in [0, 0.05) is 0 Å². The highest BCUT2D eigenvalue weighted by Crippen LogP contribution is 2.45. The van der Waals surface area contributed by atoms with Crippen molar-refractivity contribution in [2.24, 2.45) is 0 Å². The van der Waals surface area contributed by atoms with Gasteiger partial charge in [-0.05, 0) is 41.4 Å². The van der Waals surface area contributed by atoms with Gasteiger partial charge in [0.05, 0.1) is 7.11 Å². The van der Waals surface area contributed by atoms with Crippen molar-refractivity contribution in [3.63, 3.8) is 0 Å². The summed E-state index contributed by atoms with van der Waals surface area (Å²) in [6.45, 7) is 6.77. The standard InChI is InChI=1S/C14H20O/c1-14(2,3)11-7-8-13(15-4)12(9-11)10-5-6-10/h7-10H,5-6H2,1-4H3. The summed E-state index contributed by atoms with van der Waals surface area (Å²) in [4.78, 5) is 0. The third-order valence-electron chi connectivity index (χ3n) is 3.11. The van der Waals surface area contributed by atoms with E-state index >= 15 is 0 Å². The van der Waals surface area contributed by atoms with Crippen molar-refractivity contribution in [1.82, 2.24) is 0 Å². The van der Waals surface area contributed by atoms with Gasteiger partial charge in [-0.3, -0.25) is 0 Å². The predicted octanol–water partition coefficient (Wildman–Crippen LogP) is 3.87. The van der Waals surface area contributed by atoms with E-state index in [1.54, 1.807) is 7.11 Å². The molecule has 0 atom stereocenters. The van der Waals surface area contributed by atoms with Crippen LogP contribution in [0.15, 0.2) is 18.2 Å². The molecule has 0 bridgehead atoms. The largest absolute Gasteiger partial charge is 0.496 e. The van der Waals surface area contributed by atoms with Gasteiger partial charge >= 0.3 is 0 Å². The van der Waals surface area contributed by atoms with Gasteiger partial charge in [0.2, 0.25) is 0 Å². The SMILES string of the molecule is COc1ccc(C(C)(C)C)cc1C1CC1. The normalized spacial score (nSPS) is 16.5. The minimum atomic E-state index is 0.232. The van der Waals surface area contributed by atoms with E-state index in [4.69, 9.17) is 4.74 Å². The van der Waals surface area contributed by atoms with Gasteiger partial charge in [0.1, 0.15) is 5.75 Å². The highest BCUT2D eigenvalue weighted by atomic mass is 16.5. The van der Waals surface area contributed by atoms with Crippen LogP contribution in [-0.2, 0) is 5.41 Å². The van der Waals surface area contributed by atoms with E-state index in [0.29, 0.717) is 0 Å². The fourth-order valence-electron chi connectivity index (χ4n) is 1.91. The molecule has 0 saturated heterocycles. The molecule has 15 heavy (non-hydrogen) atoms. The topological polar surface area (TPSA) is 9.23 Å². The van der Waals surface area contributed by atoms with Crippen molar-refractivity contribution in [2.45, 2.75) is 44.9 Å². The van der Waals surface area contributed by atoms with Gasteiger partial charge in [-0.1, -0.05) is 32.9 Å².